The minimum absolute atomic E-state index is 0.189. The van der Waals surface area contributed by atoms with Gasteiger partial charge in [0.25, 0.3) is 0 Å². The van der Waals surface area contributed by atoms with E-state index in [9.17, 15) is 8.78 Å². The first-order chi connectivity index (χ1) is 7.53. The minimum Gasteiger partial charge on any atom is -0.327 e. The Kier molecular flexibility index (Phi) is 2.97. The first-order valence-electron chi connectivity index (χ1n) is 5.31. The molecule has 1 nitrogen and oxygen atoms in total. The second kappa shape index (κ2) is 4.00. The molecular formula is C12H15F2NS. The predicted molar refractivity (Wildman–Crippen MR) is 62.7 cm³/mol. The molecule has 0 saturated heterocycles. The van der Waals surface area contributed by atoms with Crippen LogP contribution in [0.3, 0.4) is 0 Å². The highest BCUT2D eigenvalue weighted by atomic mass is 32.2. The highest BCUT2D eigenvalue weighted by Gasteiger charge is 2.51. The molecule has 4 heteroatoms. The zero-order valence-electron chi connectivity index (χ0n) is 9.39. The highest BCUT2D eigenvalue weighted by molar-refractivity contribution is 7.98. The van der Waals surface area contributed by atoms with Gasteiger partial charge in [-0.15, -0.1) is 11.8 Å². The maximum atomic E-state index is 14.1. The summed E-state index contributed by atoms with van der Waals surface area (Å²) in [6, 6.07) is 2.61. The predicted octanol–water partition coefficient (Wildman–Crippen LogP) is 3.07. The van der Waals surface area contributed by atoms with Gasteiger partial charge in [-0.05, 0) is 38.2 Å². The molecule has 0 radical (unpaired) electrons. The zero-order valence-corrected chi connectivity index (χ0v) is 10.2. The Bertz CT molecular complexity index is 414. The van der Waals surface area contributed by atoms with Gasteiger partial charge in [0, 0.05) is 21.9 Å². The molecule has 88 valence electrons. The Morgan fingerprint density at radius 1 is 1.38 bits per heavy atom. The maximum Gasteiger partial charge on any atom is 0.143 e. The monoisotopic (exact) mass is 243 g/mol. The second-order valence-electron chi connectivity index (χ2n) is 4.38. The third kappa shape index (κ3) is 1.64. The van der Waals surface area contributed by atoms with Crippen LogP contribution < -0.4 is 5.73 Å². The van der Waals surface area contributed by atoms with Crippen LogP contribution in [0, 0.1) is 11.6 Å². The fraction of sp³-hybridized carbons (Fsp3) is 0.500. The molecule has 1 aromatic rings. The summed E-state index contributed by atoms with van der Waals surface area (Å²) in [4.78, 5) is 0.489. The molecule has 2 N–H and O–H groups in total. The van der Waals surface area contributed by atoms with Gasteiger partial charge in [-0.25, -0.2) is 8.78 Å². The molecule has 0 aromatic heterocycles. The van der Waals surface area contributed by atoms with Crippen LogP contribution in [0.4, 0.5) is 8.78 Å². The molecule has 0 bridgehead atoms. The number of hydrogen-bond donors (Lipinski definition) is 1. The Balaban J connectivity index is 2.56. The van der Waals surface area contributed by atoms with Crippen LogP contribution in [0.15, 0.2) is 17.0 Å². The van der Waals surface area contributed by atoms with Crippen molar-refractivity contribution < 1.29 is 8.78 Å². The lowest BCUT2D eigenvalue weighted by Gasteiger charge is -2.22. The molecular weight excluding hydrogens is 228 g/mol. The summed E-state index contributed by atoms with van der Waals surface area (Å²) in [5.74, 6) is -0.896. The molecule has 1 fully saturated rings. The zero-order chi connectivity index (χ0) is 11.9. The molecule has 1 saturated carbocycles. The van der Waals surface area contributed by atoms with Gasteiger partial charge in [0.05, 0.1) is 0 Å². The smallest absolute Gasteiger partial charge is 0.143 e. The minimum atomic E-state index is -0.472. The van der Waals surface area contributed by atoms with E-state index < -0.39 is 17.0 Å². The Morgan fingerprint density at radius 3 is 2.44 bits per heavy atom. The molecule has 2 rings (SSSR count). The van der Waals surface area contributed by atoms with Crippen molar-refractivity contribution in [2.24, 2.45) is 5.73 Å². The molecule has 0 heterocycles. The standard InChI is InChI=1S/C12H15F2NS/c1-7(15)12(5-6-12)10-8(13)3-4-9(16-2)11(10)14/h3-4,7H,5-6,15H2,1-2H3. The largest absolute Gasteiger partial charge is 0.327 e. The topological polar surface area (TPSA) is 26.0 Å². The number of halogens is 2. The third-order valence-corrected chi connectivity index (χ3v) is 4.19. The SMILES string of the molecule is CSc1ccc(F)c(C2(C(C)N)CC2)c1F. The molecule has 1 aromatic carbocycles. The number of benzene rings is 1. The average molecular weight is 243 g/mol. The van der Waals surface area contributed by atoms with Crippen LogP contribution in [0.5, 0.6) is 0 Å². The van der Waals surface area contributed by atoms with Crippen LogP contribution in [0.2, 0.25) is 0 Å². The normalized spacial score (nSPS) is 19.6. The lowest BCUT2D eigenvalue weighted by Crippen LogP contribution is -2.33. The van der Waals surface area contributed by atoms with E-state index in [2.05, 4.69) is 0 Å². The van der Waals surface area contributed by atoms with Crippen molar-refractivity contribution in [1.29, 1.82) is 0 Å². The van der Waals surface area contributed by atoms with E-state index in [0.29, 0.717) is 4.90 Å². The molecule has 0 spiro atoms. The molecule has 1 unspecified atom stereocenters. The highest BCUT2D eigenvalue weighted by Crippen LogP contribution is 2.52. The van der Waals surface area contributed by atoms with Crippen LogP contribution in [-0.4, -0.2) is 12.3 Å². The molecule has 0 aliphatic heterocycles. The number of thioether (sulfide) groups is 1. The van der Waals surface area contributed by atoms with Crippen molar-refractivity contribution in [2.75, 3.05) is 6.26 Å². The van der Waals surface area contributed by atoms with Gasteiger partial charge in [0.1, 0.15) is 11.6 Å². The fourth-order valence-electron chi connectivity index (χ4n) is 2.22. The molecule has 16 heavy (non-hydrogen) atoms. The van der Waals surface area contributed by atoms with Gasteiger partial charge in [-0.3, -0.25) is 0 Å². The van der Waals surface area contributed by atoms with E-state index in [1.807, 2.05) is 6.92 Å². The summed E-state index contributed by atoms with van der Waals surface area (Å²) in [7, 11) is 0. The van der Waals surface area contributed by atoms with Crippen molar-refractivity contribution >= 4 is 11.8 Å². The Morgan fingerprint density at radius 2 is 2.00 bits per heavy atom. The van der Waals surface area contributed by atoms with Crippen molar-refractivity contribution in [3.05, 3.63) is 29.3 Å². The fourth-order valence-corrected chi connectivity index (χ4v) is 2.70. The van der Waals surface area contributed by atoms with Gasteiger partial charge >= 0.3 is 0 Å². The van der Waals surface area contributed by atoms with Crippen LogP contribution in [-0.2, 0) is 5.41 Å². The van der Waals surface area contributed by atoms with Gasteiger partial charge in [-0.2, -0.15) is 0 Å². The van der Waals surface area contributed by atoms with Crippen molar-refractivity contribution in [2.45, 2.75) is 36.1 Å². The lowest BCUT2D eigenvalue weighted by atomic mass is 9.88. The third-order valence-electron chi connectivity index (χ3n) is 3.43. The second-order valence-corrected chi connectivity index (χ2v) is 5.23. The number of rotatable bonds is 3. The maximum absolute atomic E-state index is 14.1. The van der Waals surface area contributed by atoms with Crippen LogP contribution >= 0.6 is 11.8 Å². The summed E-state index contributed by atoms with van der Waals surface area (Å²) in [5, 5.41) is 0. The van der Waals surface area contributed by atoms with E-state index in [1.165, 1.54) is 23.9 Å². The van der Waals surface area contributed by atoms with E-state index in [4.69, 9.17) is 5.73 Å². The van der Waals surface area contributed by atoms with E-state index in [1.54, 1.807) is 6.26 Å². The van der Waals surface area contributed by atoms with E-state index >= 15 is 0 Å². The summed E-state index contributed by atoms with van der Waals surface area (Å²) in [5.41, 5.74) is 5.57. The summed E-state index contributed by atoms with van der Waals surface area (Å²) < 4.78 is 27.9. The molecule has 1 aliphatic carbocycles. The van der Waals surface area contributed by atoms with Crippen LogP contribution in [0.1, 0.15) is 25.3 Å². The molecule has 1 atom stereocenters. The summed E-state index contributed by atoms with van der Waals surface area (Å²) in [6.07, 6.45) is 3.33. The van der Waals surface area contributed by atoms with Gasteiger partial charge in [-0.1, -0.05) is 0 Å². The number of hydrogen-bond acceptors (Lipinski definition) is 2. The lowest BCUT2D eigenvalue weighted by molar-refractivity contribution is 0.463. The van der Waals surface area contributed by atoms with Crippen molar-refractivity contribution in [3.63, 3.8) is 0 Å². The van der Waals surface area contributed by atoms with E-state index in [0.717, 1.165) is 12.8 Å². The molecule has 1 aliphatic rings. The Hall–Kier alpha value is -0.610. The van der Waals surface area contributed by atoms with Crippen molar-refractivity contribution in [3.8, 4) is 0 Å². The van der Waals surface area contributed by atoms with Gasteiger partial charge < -0.3 is 5.73 Å². The Labute approximate surface area is 98.4 Å². The van der Waals surface area contributed by atoms with Crippen LogP contribution in [0.25, 0.3) is 0 Å². The summed E-state index contributed by atoms with van der Waals surface area (Å²) in [6.45, 7) is 1.82. The average Bonchev–Trinajstić information content (AvgIpc) is 2.99. The van der Waals surface area contributed by atoms with Gasteiger partial charge in [0.15, 0.2) is 0 Å². The first kappa shape index (κ1) is 11.9. The molecule has 0 amide bonds. The quantitative estimate of drug-likeness (QED) is 0.826. The van der Waals surface area contributed by atoms with Crippen molar-refractivity contribution in [1.82, 2.24) is 0 Å². The number of nitrogens with two attached hydrogens (primary N) is 1. The van der Waals surface area contributed by atoms with Gasteiger partial charge in [0.2, 0.25) is 0 Å². The van der Waals surface area contributed by atoms with E-state index in [-0.39, 0.29) is 11.6 Å². The first-order valence-corrected chi connectivity index (χ1v) is 6.53. The summed E-state index contributed by atoms with van der Waals surface area (Å²) >= 11 is 1.29.